The first-order chi connectivity index (χ1) is 10.6. The molecule has 0 spiro atoms. The van der Waals surface area contributed by atoms with Crippen LogP contribution in [0.25, 0.3) is 0 Å². The smallest absolute Gasteiger partial charge is 0.224 e. The summed E-state index contributed by atoms with van der Waals surface area (Å²) in [7, 11) is 1.88. The molecule has 2 aliphatic heterocycles. The van der Waals surface area contributed by atoms with Gasteiger partial charge in [0, 0.05) is 39.5 Å². The molecule has 7 heteroatoms. The molecule has 0 saturated carbocycles. The Labute approximate surface area is 132 Å². The van der Waals surface area contributed by atoms with E-state index in [0.717, 1.165) is 57.6 Å². The van der Waals surface area contributed by atoms with Crippen molar-refractivity contribution >= 4 is 17.7 Å². The lowest BCUT2D eigenvalue weighted by molar-refractivity contribution is -0.132. The van der Waals surface area contributed by atoms with Gasteiger partial charge in [-0.05, 0) is 31.6 Å². The predicted molar refractivity (Wildman–Crippen MR) is 88.0 cm³/mol. The molecule has 1 amide bonds. The normalized spacial score (nSPS) is 22.3. The number of rotatable bonds is 5. The van der Waals surface area contributed by atoms with Crippen LogP contribution in [0.2, 0.25) is 0 Å². The minimum atomic E-state index is 0.0330. The van der Waals surface area contributed by atoms with Crippen molar-refractivity contribution < 1.29 is 4.79 Å². The van der Waals surface area contributed by atoms with Gasteiger partial charge in [-0.1, -0.05) is 0 Å². The number of carbonyl (C=O) groups excluding carboxylic acids is 1. The Bertz CT molecular complexity index is 428. The third-order valence-corrected chi connectivity index (χ3v) is 4.59. The maximum absolute atomic E-state index is 12.3. The van der Waals surface area contributed by atoms with E-state index in [-0.39, 0.29) is 17.9 Å². The number of guanidine groups is 1. The fourth-order valence-corrected chi connectivity index (χ4v) is 3.20. The maximum atomic E-state index is 12.3. The van der Waals surface area contributed by atoms with Crippen LogP contribution in [0.1, 0.15) is 38.5 Å². The highest BCUT2D eigenvalue weighted by Crippen LogP contribution is 2.22. The molecule has 1 fully saturated rings. The number of nitrogens with two attached hydrogens (primary N) is 1. The summed E-state index contributed by atoms with van der Waals surface area (Å²) in [5, 5.41) is 13.1. The SMILES string of the molecule is CNC1=NC(CC(=O)N2CCC(CCNC(=N)N)CC2)CC1. The van der Waals surface area contributed by atoms with Gasteiger partial charge in [0.15, 0.2) is 5.96 Å². The van der Waals surface area contributed by atoms with Crippen LogP contribution in [-0.2, 0) is 4.79 Å². The zero-order chi connectivity index (χ0) is 15.9. The van der Waals surface area contributed by atoms with Crippen molar-refractivity contribution in [3.63, 3.8) is 0 Å². The second-order valence-electron chi connectivity index (χ2n) is 6.18. The van der Waals surface area contributed by atoms with Crippen molar-refractivity contribution in [3.8, 4) is 0 Å². The molecule has 1 atom stereocenters. The lowest BCUT2D eigenvalue weighted by Gasteiger charge is -2.32. The second-order valence-corrected chi connectivity index (χ2v) is 6.18. The van der Waals surface area contributed by atoms with E-state index in [4.69, 9.17) is 11.1 Å². The third kappa shape index (κ3) is 4.89. The minimum absolute atomic E-state index is 0.0330. The van der Waals surface area contributed by atoms with Gasteiger partial charge in [-0.25, -0.2) is 0 Å². The Hall–Kier alpha value is -1.79. The maximum Gasteiger partial charge on any atom is 0.224 e. The number of hydrogen-bond donors (Lipinski definition) is 4. The molecule has 0 radical (unpaired) electrons. The van der Waals surface area contributed by atoms with Gasteiger partial charge >= 0.3 is 0 Å². The van der Waals surface area contributed by atoms with Crippen LogP contribution in [-0.4, -0.2) is 55.3 Å². The standard InChI is InChI=1S/C15H28N6O/c1-18-13-3-2-12(20-13)10-14(22)21-8-5-11(6-9-21)4-7-19-15(16)17/h11-12H,2-10H2,1H3,(H,18,20)(H4,16,17,19). The van der Waals surface area contributed by atoms with Crippen LogP contribution < -0.4 is 16.4 Å². The molecule has 7 nitrogen and oxygen atoms in total. The second kappa shape index (κ2) is 8.00. The molecular formula is C15H28N6O. The zero-order valence-electron chi connectivity index (χ0n) is 13.4. The molecule has 124 valence electrons. The van der Waals surface area contributed by atoms with Gasteiger partial charge in [0.05, 0.1) is 11.9 Å². The van der Waals surface area contributed by atoms with Crippen LogP contribution in [0.4, 0.5) is 0 Å². The highest BCUT2D eigenvalue weighted by molar-refractivity contribution is 5.85. The number of likely N-dealkylation sites (tertiary alicyclic amines) is 1. The number of carbonyl (C=O) groups is 1. The molecule has 0 aliphatic carbocycles. The minimum Gasteiger partial charge on any atom is -0.377 e. The number of nitrogens with one attached hydrogen (secondary N) is 3. The fraction of sp³-hybridized carbons (Fsp3) is 0.800. The summed E-state index contributed by atoms with van der Waals surface area (Å²) in [6.45, 7) is 2.44. The Balaban J connectivity index is 1.67. The molecule has 22 heavy (non-hydrogen) atoms. The molecule has 2 aliphatic rings. The number of piperidine rings is 1. The first-order valence-electron chi connectivity index (χ1n) is 8.18. The van der Waals surface area contributed by atoms with E-state index in [0.29, 0.717) is 12.3 Å². The van der Waals surface area contributed by atoms with E-state index < -0.39 is 0 Å². The number of nitrogens with zero attached hydrogens (tertiary/aromatic N) is 2. The highest BCUT2D eigenvalue weighted by atomic mass is 16.2. The van der Waals surface area contributed by atoms with Gasteiger partial charge in [-0.3, -0.25) is 15.2 Å². The Morgan fingerprint density at radius 1 is 1.41 bits per heavy atom. The Morgan fingerprint density at radius 3 is 2.73 bits per heavy atom. The zero-order valence-corrected chi connectivity index (χ0v) is 13.4. The molecule has 0 aromatic heterocycles. The highest BCUT2D eigenvalue weighted by Gasteiger charge is 2.26. The summed E-state index contributed by atoms with van der Waals surface area (Å²) in [6.07, 6.45) is 5.58. The van der Waals surface area contributed by atoms with Gasteiger partial charge in [0.1, 0.15) is 0 Å². The molecular weight excluding hydrogens is 280 g/mol. The van der Waals surface area contributed by atoms with Crippen molar-refractivity contribution in [1.82, 2.24) is 15.5 Å². The molecule has 0 bridgehead atoms. The van der Waals surface area contributed by atoms with Crippen molar-refractivity contribution in [3.05, 3.63) is 0 Å². The largest absolute Gasteiger partial charge is 0.377 e. The van der Waals surface area contributed by atoms with Crippen LogP contribution in [0.3, 0.4) is 0 Å². The summed E-state index contributed by atoms with van der Waals surface area (Å²) in [4.78, 5) is 18.9. The molecule has 0 aromatic carbocycles. The van der Waals surface area contributed by atoms with Crippen LogP contribution >= 0.6 is 0 Å². The van der Waals surface area contributed by atoms with Crippen molar-refractivity contribution in [2.45, 2.75) is 44.6 Å². The Kier molecular flexibility index (Phi) is 6.03. The molecule has 0 aromatic rings. The first-order valence-corrected chi connectivity index (χ1v) is 8.18. The fourth-order valence-electron chi connectivity index (χ4n) is 3.20. The summed E-state index contributed by atoms with van der Waals surface area (Å²) < 4.78 is 0. The van der Waals surface area contributed by atoms with Crippen LogP contribution in [0.15, 0.2) is 4.99 Å². The van der Waals surface area contributed by atoms with Gasteiger partial charge in [0.2, 0.25) is 5.91 Å². The Morgan fingerprint density at radius 2 is 2.14 bits per heavy atom. The third-order valence-electron chi connectivity index (χ3n) is 4.59. The monoisotopic (exact) mass is 308 g/mol. The predicted octanol–water partition coefficient (Wildman–Crippen LogP) is 0.269. The number of amidine groups is 1. The van der Waals surface area contributed by atoms with E-state index in [1.807, 2.05) is 11.9 Å². The molecule has 1 unspecified atom stereocenters. The average Bonchev–Trinajstić information content (AvgIpc) is 2.95. The van der Waals surface area contributed by atoms with E-state index in [9.17, 15) is 4.79 Å². The number of aliphatic imine (C=N–C) groups is 1. The number of hydrogen-bond acceptors (Lipinski definition) is 4. The number of amides is 1. The van der Waals surface area contributed by atoms with E-state index in [1.54, 1.807) is 0 Å². The summed E-state index contributed by atoms with van der Waals surface area (Å²) >= 11 is 0. The lowest BCUT2D eigenvalue weighted by Crippen LogP contribution is -2.40. The van der Waals surface area contributed by atoms with Gasteiger partial charge < -0.3 is 21.3 Å². The quantitative estimate of drug-likeness (QED) is 0.432. The topological polar surface area (TPSA) is 107 Å². The van der Waals surface area contributed by atoms with Crippen molar-refractivity contribution in [2.75, 3.05) is 26.7 Å². The van der Waals surface area contributed by atoms with Gasteiger partial charge in [0.25, 0.3) is 0 Å². The molecule has 2 rings (SSSR count). The van der Waals surface area contributed by atoms with E-state index in [1.165, 1.54) is 0 Å². The summed E-state index contributed by atoms with van der Waals surface area (Å²) in [6, 6.07) is 0.160. The van der Waals surface area contributed by atoms with Gasteiger partial charge in [-0.2, -0.15) is 0 Å². The average molecular weight is 308 g/mol. The molecule has 1 saturated heterocycles. The van der Waals surface area contributed by atoms with Crippen molar-refractivity contribution in [1.29, 1.82) is 5.41 Å². The first kappa shape index (κ1) is 16.6. The molecule has 5 N–H and O–H groups in total. The summed E-state index contributed by atoms with van der Waals surface area (Å²) in [5.41, 5.74) is 5.27. The lowest BCUT2D eigenvalue weighted by atomic mass is 9.93. The van der Waals surface area contributed by atoms with Gasteiger partial charge in [-0.15, -0.1) is 0 Å². The van der Waals surface area contributed by atoms with Crippen LogP contribution in [0, 0.1) is 11.3 Å². The summed E-state index contributed by atoms with van der Waals surface area (Å²) in [5.74, 6) is 1.92. The van der Waals surface area contributed by atoms with E-state index >= 15 is 0 Å². The molecule has 2 heterocycles. The van der Waals surface area contributed by atoms with E-state index in [2.05, 4.69) is 15.6 Å². The van der Waals surface area contributed by atoms with Crippen LogP contribution in [0.5, 0.6) is 0 Å². The van der Waals surface area contributed by atoms with Crippen molar-refractivity contribution in [2.24, 2.45) is 16.6 Å².